The highest BCUT2D eigenvalue weighted by atomic mass is 79.9. The molecule has 53 heavy (non-hydrogen) atoms. The summed E-state index contributed by atoms with van der Waals surface area (Å²) in [5, 5.41) is 29.6. The molecule has 4 aromatic rings. The Balaban J connectivity index is 0.000000285. The Morgan fingerprint density at radius 1 is 0.698 bits per heavy atom. The molecule has 0 bridgehead atoms. The summed E-state index contributed by atoms with van der Waals surface area (Å²) in [7, 11) is -5.21. The largest absolute Gasteiger partial charge is 0.504 e. The summed E-state index contributed by atoms with van der Waals surface area (Å²) in [5.74, 6) is 0.255. The Labute approximate surface area is 318 Å². The van der Waals surface area contributed by atoms with Gasteiger partial charge < -0.3 is 29.0 Å². The minimum absolute atomic E-state index is 0. The zero-order chi connectivity index (χ0) is 39.2. The summed E-state index contributed by atoms with van der Waals surface area (Å²) in [4.78, 5) is 22.5. The number of carbonyl (C=O) groups excluding carboxylic acids is 2. The lowest BCUT2D eigenvalue weighted by molar-refractivity contribution is 0.00578. The van der Waals surface area contributed by atoms with Crippen LogP contribution in [0.2, 0.25) is 0 Å². The first kappa shape index (κ1) is 44.9. The van der Waals surface area contributed by atoms with Gasteiger partial charge in [0.15, 0.2) is 29.3 Å². The molecule has 0 atom stereocenters. The monoisotopic (exact) mass is 836 g/mol. The molecule has 1 heterocycles. The third-order valence-corrected chi connectivity index (χ3v) is 10.5. The molecule has 14 nitrogen and oxygen atoms in total. The normalized spacial score (nSPS) is 14.3. The van der Waals surface area contributed by atoms with Crippen LogP contribution in [-0.2, 0) is 29.4 Å². The summed E-state index contributed by atoms with van der Waals surface area (Å²) in [6, 6.07) is 17.5. The Hall–Kier alpha value is -4.30. The Morgan fingerprint density at radius 3 is 1.49 bits per heavy atom. The summed E-state index contributed by atoms with van der Waals surface area (Å²) in [6.07, 6.45) is 1.33. The van der Waals surface area contributed by atoms with Crippen molar-refractivity contribution in [2.24, 2.45) is 10.3 Å². The van der Waals surface area contributed by atoms with E-state index in [2.05, 4.69) is 15.9 Å². The van der Waals surface area contributed by atoms with Crippen molar-refractivity contribution < 1.29 is 55.4 Å². The lowest BCUT2D eigenvalue weighted by atomic mass is 9.76. The van der Waals surface area contributed by atoms with Crippen molar-refractivity contribution in [3.05, 3.63) is 88.4 Å². The van der Waals surface area contributed by atoms with E-state index in [0.29, 0.717) is 40.3 Å². The maximum Gasteiger partial charge on any atom is 0.495 e. The number of hydrogen-bond acceptors (Lipinski definition) is 12. The van der Waals surface area contributed by atoms with E-state index in [4.69, 9.17) is 29.1 Å². The SMILES string of the molecule is C.COc1cc(C=O)c(-c2ccc(S(N)(=O)=O)cc2)cc1O.COc1cc(C=O)c(B2OC(C)(C)C(C)(C)O2)cc1O.NS(=O)(=O)c1ccc(Br)cc1. The highest BCUT2D eigenvalue weighted by molar-refractivity contribution is 9.10. The fourth-order valence-corrected chi connectivity index (χ4v) is 5.88. The molecule has 1 fully saturated rings. The number of phenols is 2. The fourth-order valence-electron chi connectivity index (χ4n) is 4.58. The number of aromatic hydroxyl groups is 2. The summed E-state index contributed by atoms with van der Waals surface area (Å²) in [6.45, 7) is 7.71. The number of aldehydes is 2. The molecule has 0 unspecified atom stereocenters. The number of carbonyl (C=O) groups is 2. The van der Waals surface area contributed by atoms with Crippen LogP contribution in [0.25, 0.3) is 11.1 Å². The van der Waals surface area contributed by atoms with E-state index < -0.39 is 38.4 Å². The van der Waals surface area contributed by atoms with Crippen molar-refractivity contribution in [1.29, 1.82) is 0 Å². The van der Waals surface area contributed by atoms with E-state index in [-0.39, 0.29) is 40.2 Å². The number of sulfonamides is 2. The molecule has 1 saturated heterocycles. The lowest BCUT2D eigenvalue weighted by Crippen LogP contribution is -2.41. The van der Waals surface area contributed by atoms with Gasteiger partial charge in [0, 0.05) is 15.6 Å². The first-order chi connectivity index (χ1) is 24.1. The van der Waals surface area contributed by atoms with Crippen LogP contribution in [0.4, 0.5) is 0 Å². The summed E-state index contributed by atoms with van der Waals surface area (Å²) >= 11 is 3.18. The molecule has 18 heteroatoms. The van der Waals surface area contributed by atoms with Gasteiger partial charge in [-0.3, -0.25) is 9.59 Å². The van der Waals surface area contributed by atoms with Gasteiger partial charge in [-0.2, -0.15) is 0 Å². The van der Waals surface area contributed by atoms with Crippen LogP contribution in [0.3, 0.4) is 0 Å². The molecule has 286 valence electrons. The van der Waals surface area contributed by atoms with Crippen molar-refractivity contribution in [2.75, 3.05) is 14.2 Å². The molecule has 1 aliphatic heterocycles. The first-order valence-electron chi connectivity index (χ1n) is 15.1. The number of phenolic OH excluding ortho intramolecular Hbond substituents is 2. The molecule has 0 aliphatic carbocycles. The second-order valence-corrected chi connectivity index (χ2v) is 16.2. The molecule has 1 aliphatic rings. The zero-order valence-electron chi connectivity index (χ0n) is 29.0. The first-order valence-corrected chi connectivity index (χ1v) is 19.0. The molecular weight excluding hydrogens is 795 g/mol. The molecule has 0 saturated carbocycles. The number of hydrogen-bond donors (Lipinski definition) is 4. The standard InChI is InChI=1S/C14H19BO5.C14H13NO5S.C6H6BrNO2S.CH4/c1-13(2)14(3,4)20-15(19-13)10-7-11(17)12(18-5)6-9(10)8-16;1-20-14-6-10(8-16)12(7-13(14)17)9-2-4-11(5-3-9)21(15,18)19;7-5-1-3-6(4-2-5)11(8,9)10;/h6-8,17H,1-5H3;2-8,17H,1H3,(H2,15,18,19);1-4H,(H2,8,9,10);1H4. The second-order valence-electron chi connectivity index (χ2n) is 12.2. The van der Waals surface area contributed by atoms with Gasteiger partial charge in [0.1, 0.15) is 6.29 Å². The van der Waals surface area contributed by atoms with Gasteiger partial charge in [0.05, 0.1) is 35.2 Å². The maximum absolute atomic E-state index is 11.2. The minimum atomic E-state index is -3.78. The third kappa shape index (κ3) is 11.1. The third-order valence-electron chi connectivity index (χ3n) is 8.13. The number of benzene rings is 4. The van der Waals surface area contributed by atoms with E-state index in [9.17, 15) is 36.6 Å². The van der Waals surface area contributed by atoms with Gasteiger partial charge in [-0.15, -0.1) is 0 Å². The van der Waals surface area contributed by atoms with Gasteiger partial charge in [-0.05, 0) is 105 Å². The van der Waals surface area contributed by atoms with Gasteiger partial charge in [-0.1, -0.05) is 35.5 Å². The predicted octanol–water partition coefficient (Wildman–Crippen LogP) is 4.77. The van der Waals surface area contributed by atoms with E-state index >= 15 is 0 Å². The number of rotatable bonds is 8. The van der Waals surface area contributed by atoms with Crippen LogP contribution in [-0.4, -0.2) is 72.2 Å². The molecule has 0 spiro atoms. The highest BCUT2D eigenvalue weighted by Gasteiger charge is 2.52. The molecule has 5 rings (SSSR count). The number of nitrogens with two attached hydrogens (primary N) is 2. The van der Waals surface area contributed by atoms with Gasteiger partial charge >= 0.3 is 7.12 Å². The van der Waals surface area contributed by atoms with Crippen LogP contribution in [0.15, 0.2) is 87.1 Å². The maximum atomic E-state index is 11.2. The Morgan fingerprint density at radius 2 is 1.09 bits per heavy atom. The minimum Gasteiger partial charge on any atom is -0.504 e. The number of ether oxygens (including phenoxy) is 2. The molecule has 4 aromatic carbocycles. The average Bonchev–Trinajstić information content (AvgIpc) is 3.30. The zero-order valence-corrected chi connectivity index (χ0v) is 32.2. The lowest BCUT2D eigenvalue weighted by Gasteiger charge is -2.32. The number of methoxy groups -OCH3 is 2. The molecule has 0 radical (unpaired) electrons. The number of halogens is 1. The van der Waals surface area contributed by atoms with Crippen molar-refractivity contribution in [3.63, 3.8) is 0 Å². The van der Waals surface area contributed by atoms with Crippen molar-refractivity contribution in [3.8, 4) is 34.1 Å². The Bertz CT molecular complexity index is 2130. The van der Waals surface area contributed by atoms with Gasteiger partial charge in [0.2, 0.25) is 20.0 Å². The smallest absolute Gasteiger partial charge is 0.495 e. The molecular formula is C35H42BBrN2O12S2. The van der Waals surface area contributed by atoms with Crippen LogP contribution >= 0.6 is 15.9 Å². The van der Waals surface area contributed by atoms with Gasteiger partial charge in [0.25, 0.3) is 0 Å². The van der Waals surface area contributed by atoms with Crippen molar-refractivity contribution >= 4 is 61.1 Å². The summed E-state index contributed by atoms with van der Waals surface area (Å²) < 4.78 is 66.4. The van der Waals surface area contributed by atoms with Crippen LogP contribution in [0.5, 0.6) is 23.0 Å². The van der Waals surface area contributed by atoms with E-state index in [1.54, 1.807) is 12.1 Å². The summed E-state index contributed by atoms with van der Waals surface area (Å²) in [5.41, 5.74) is 1.20. The molecule has 6 N–H and O–H groups in total. The average molecular weight is 838 g/mol. The quantitative estimate of drug-likeness (QED) is 0.139. The van der Waals surface area contributed by atoms with Crippen LogP contribution < -0.4 is 25.2 Å². The number of primary sulfonamides is 2. The van der Waals surface area contributed by atoms with Crippen molar-refractivity contribution in [2.45, 2.75) is 56.1 Å². The van der Waals surface area contributed by atoms with E-state index in [0.717, 1.165) is 4.47 Å². The van der Waals surface area contributed by atoms with Crippen molar-refractivity contribution in [1.82, 2.24) is 0 Å². The van der Waals surface area contributed by atoms with Crippen LogP contribution in [0, 0.1) is 0 Å². The van der Waals surface area contributed by atoms with E-state index in [1.807, 2.05) is 27.7 Å². The Kier molecular flexibility index (Phi) is 15.0. The fraction of sp³-hybridized carbons (Fsp3) is 0.257. The van der Waals surface area contributed by atoms with E-state index in [1.165, 1.54) is 74.9 Å². The molecule has 0 aromatic heterocycles. The highest BCUT2D eigenvalue weighted by Crippen LogP contribution is 2.38. The molecule has 0 amide bonds. The van der Waals surface area contributed by atoms with Crippen LogP contribution in [0.1, 0.15) is 55.8 Å². The second kappa shape index (κ2) is 17.7. The van der Waals surface area contributed by atoms with Gasteiger partial charge in [-0.25, -0.2) is 27.1 Å². The predicted molar refractivity (Wildman–Crippen MR) is 205 cm³/mol. The topological polar surface area (TPSA) is 232 Å².